The molecule has 1 N–H and O–H groups in total. The smallest absolute Gasteiger partial charge is 0.349 e. The summed E-state index contributed by atoms with van der Waals surface area (Å²) >= 11 is 0. The largest absolute Gasteiger partial charge is 0.493 e. The molecule has 0 unspecified atom stereocenters. The van der Waals surface area contributed by atoms with E-state index < -0.39 is 17.5 Å². The van der Waals surface area contributed by atoms with Crippen LogP contribution in [-0.2, 0) is 4.79 Å². The zero-order valence-corrected chi connectivity index (χ0v) is 19.4. The van der Waals surface area contributed by atoms with E-state index in [9.17, 15) is 14.4 Å². The zero-order valence-electron chi connectivity index (χ0n) is 19.4. The molecule has 1 amide bonds. The number of carbonyl (C=O) groups is 2. The van der Waals surface area contributed by atoms with Crippen molar-refractivity contribution in [2.24, 2.45) is 5.92 Å². The van der Waals surface area contributed by atoms with Crippen LogP contribution in [0.1, 0.15) is 48.2 Å². The van der Waals surface area contributed by atoms with Crippen LogP contribution in [0.25, 0.3) is 11.0 Å². The second-order valence-corrected chi connectivity index (χ2v) is 8.45. The van der Waals surface area contributed by atoms with E-state index in [0.717, 1.165) is 16.9 Å². The van der Waals surface area contributed by atoms with Crippen LogP contribution in [0.4, 0.5) is 0 Å². The number of hydrogen-bond donors (Lipinski definition) is 1. The number of hydrogen-bond acceptors (Lipinski definition) is 6. The highest BCUT2D eigenvalue weighted by Crippen LogP contribution is 2.22. The second kappa shape index (κ2) is 10.8. The van der Waals surface area contributed by atoms with Crippen molar-refractivity contribution in [3.05, 3.63) is 69.6 Å². The maximum Gasteiger partial charge on any atom is 0.349 e. The first kappa shape index (κ1) is 24.0. The molecule has 0 saturated carbocycles. The summed E-state index contributed by atoms with van der Waals surface area (Å²) in [4.78, 5) is 36.7. The van der Waals surface area contributed by atoms with Crippen LogP contribution in [0.5, 0.6) is 11.5 Å². The summed E-state index contributed by atoms with van der Waals surface area (Å²) in [5, 5.41) is 3.26. The molecule has 0 radical (unpaired) electrons. The van der Waals surface area contributed by atoms with Gasteiger partial charge in [-0.25, -0.2) is 4.79 Å². The highest BCUT2D eigenvalue weighted by atomic mass is 16.5. The molecule has 174 valence electrons. The molecule has 0 fully saturated rings. The Morgan fingerprint density at radius 2 is 1.85 bits per heavy atom. The van der Waals surface area contributed by atoms with Crippen molar-refractivity contribution in [1.82, 2.24) is 5.32 Å². The Hall–Kier alpha value is -3.61. The van der Waals surface area contributed by atoms with Crippen LogP contribution in [0, 0.1) is 19.8 Å². The number of rotatable bonds is 9. The predicted octanol–water partition coefficient (Wildman–Crippen LogP) is 4.56. The number of amides is 1. The summed E-state index contributed by atoms with van der Waals surface area (Å²) in [7, 11) is 0. The van der Waals surface area contributed by atoms with Gasteiger partial charge in [0, 0.05) is 24.4 Å². The van der Waals surface area contributed by atoms with Crippen LogP contribution < -0.4 is 20.4 Å². The van der Waals surface area contributed by atoms with E-state index in [-0.39, 0.29) is 29.2 Å². The third-order valence-corrected chi connectivity index (χ3v) is 4.98. The van der Waals surface area contributed by atoms with Gasteiger partial charge in [-0.3, -0.25) is 9.59 Å². The summed E-state index contributed by atoms with van der Waals surface area (Å²) in [6.07, 6.45) is 0.686. The molecule has 0 spiro atoms. The van der Waals surface area contributed by atoms with Crippen LogP contribution in [0.2, 0.25) is 0 Å². The van der Waals surface area contributed by atoms with E-state index in [1.165, 1.54) is 12.1 Å². The fraction of sp³-hybridized carbons (Fsp3) is 0.346. The van der Waals surface area contributed by atoms with E-state index in [4.69, 9.17) is 13.9 Å². The van der Waals surface area contributed by atoms with Crippen molar-refractivity contribution in [2.75, 3.05) is 13.2 Å². The Kier molecular flexibility index (Phi) is 7.87. The quantitative estimate of drug-likeness (QED) is 0.222. The minimum absolute atomic E-state index is 0.0586. The Bertz CT molecular complexity index is 1210. The number of carbonyl (C=O) groups excluding carboxylic acids is 2. The average Bonchev–Trinajstić information content (AvgIpc) is 2.76. The van der Waals surface area contributed by atoms with Crippen LogP contribution >= 0.6 is 0 Å². The van der Waals surface area contributed by atoms with E-state index in [1.807, 2.05) is 45.9 Å². The molecular formula is C26H29NO6. The first-order valence-electron chi connectivity index (χ1n) is 11.0. The SMILES string of the molecule is Cc1ccc(C)c(OCCCC(=O)Oc2ccc3cc(C(=O)NCC(C)C)c(=O)oc3c2)c1. The van der Waals surface area contributed by atoms with Gasteiger partial charge >= 0.3 is 11.6 Å². The monoisotopic (exact) mass is 451 g/mol. The van der Waals surface area contributed by atoms with Crippen LogP contribution in [0.15, 0.2) is 51.7 Å². The number of fused-ring (bicyclic) bond motifs is 1. The average molecular weight is 452 g/mol. The topological polar surface area (TPSA) is 94.8 Å². The number of nitrogens with one attached hydrogen (secondary N) is 1. The zero-order chi connectivity index (χ0) is 24.0. The van der Waals surface area contributed by atoms with Gasteiger partial charge in [-0.1, -0.05) is 26.0 Å². The molecule has 0 aliphatic rings. The van der Waals surface area contributed by atoms with E-state index in [0.29, 0.717) is 25.0 Å². The maximum absolute atomic E-state index is 12.2. The van der Waals surface area contributed by atoms with Gasteiger partial charge in [0.2, 0.25) is 0 Å². The molecule has 0 atom stereocenters. The molecule has 0 saturated heterocycles. The van der Waals surface area contributed by atoms with Gasteiger partial charge in [0.1, 0.15) is 22.6 Å². The Labute approximate surface area is 192 Å². The number of aryl methyl sites for hydroxylation is 2. The van der Waals surface area contributed by atoms with Gasteiger partial charge in [0.25, 0.3) is 5.91 Å². The Morgan fingerprint density at radius 1 is 1.06 bits per heavy atom. The summed E-state index contributed by atoms with van der Waals surface area (Å²) < 4.78 is 16.4. The lowest BCUT2D eigenvalue weighted by atomic mass is 10.1. The van der Waals surface area contributed by atoms with Gasteiger partial charge in [-0.05, 0) is 61.6 Å². The van der Waals surface area contributed by atoms with Gasteiger partial charge < -0.3 is 19.2 Å². The molecule has 7 heteroatoms. The fourth-order valence-electron chi connectivity index (χ4n) is 3.15. The molecule has 0 bridgehead atoms. The molecule has 7 nitrogen and oxygen atoms in total. The summed E-state index contributed by atoms with van der Waals surface area (Å²) in [5.74, 6) is 0.453. The molecule has 1 heterocycles. The highest BCUT2D eigenvalue weighted by molar-refractivity contribution is 5.96. The lowest BCUT2D eigenvalue weighted by Crippen LogP contribution is -2.31. The summed E-state index contributed by atoms with van der Waals surface area (Å²) in [5.41, 5.74) is 1.60. The van der Waals surface area contributed by atoms with Crippen molar-refractivity contribution in [3.63, 3.8) is 0 Å². The second-order valence-electron chi connectivity index (χ2n) is 8.45. The van der Waals surface area contributed by atoms with Crippen LogP contribution in [0.3, 0.4) is 0 Å². The third kappa shape index (κ3) is 6.68. The van der Waals surface area contributed by atoms with E-state index in [2.05, 4.69) is 5.32 Å². The molecule has 33 heavy (non-hydrogen) atoms. The maximum atomic E-state index is 12.2. The van der Waals surface area contributed by atoms with Crippen molar-refractivity contribution in [2.45, 2.75) is 40.5 Å². The minimum Gasteiger partial charge on any atom is -0.493 e. The summed E-state index contributed by atoms with van der Waals surface area (Å²) in [6, 6.07) is 12.2. The van der Waals surface area contributed by atoms with Crippen molar-refractivity contribution in [3.8, 4) is 11.5 Å². The lowest BCUT2D eigenvalue weighted by molar-refractivity contribution is -0.134. The van der Waals surface area contributed by atoms with Gasteiger partial charge in [-0.15, -0.1) is 0 Å². The predicted molar refractivity (Wildman–Crippen MR) is 126 cm³/mol. The van der Waals surface area contributed by atoms with Crippen molar-refractivity contribution >= 4 is 22.8 Å². The first-order valence-corrected chi connectivity index (χ1v) is 11.0. The lowest BCUT2D eigenvalue weighted by Gasteiger charge is -2.10. The third-order valence-electron chi connectivity index (χ3n) is 4.98. The fourth-order valence-corrected chi connectivity index (χ4v) is 3.15. The molecular weight excluding hydrogens is 422 g/mol. The number of benzene rings is 2. The molecule has 0 aliphatic carbocycles. The highest BCUT2D eigenvalue weighted by Gasteiger charge is 2.15. The van der Waals surface area contributed by atoms with Gasteiger partial charge in [-0.2, -0.15) is 0 Å². The van der Waals surface area contributed by atoms with Crippen molar-refractivity contribution in [1.29, 1.82) is 0 Å². The van der Waals surface area contributed by atoms with E-state index >= 15 is 0 Å². The number of ether oxygens (including phenoxy) is 2. The number of esters is 1. The molecule has 2 aromatic carbocycles. The molecule has 3 rings (SSSR count). The standard InChI is InChI=1S/C26H29NO6/c1-16(2)15-27-25(29)21-13-19-9-10-20(14-23(19)33-26(21)30)32-24(28)6-5-11-31-22-12-17(3)7-8-18(22)4/h7-10,12-14,16H,5-6,11,15H2,1-4H3,(H,27,29). The van der Waals surface area contributed by atoms with Crippen LogP contribution in [-0.4, -0.2) is 25.0 Å². The van der Waals surface area contributed by atoms with E-state index in [1.54, 1.807) is 12.1 Å². The van der Waals surface area contributed by atoms with Gasteiger partial charge in [0.05, 0.1) is 6.61 Å². The first-order chi connectivity index (χ1) is 15.7. The Morgan fingerprint density at radius 3 is 2.61 bits per heavy atom. The minimum atomic E-state index is -0.740. The summed E-state index contributed by atoms with van der Waals surface area (Å²) in [6.45, 7) is 8.75. The normalized spacial score (nSPS) is 10.9. The van der Waals surface area contributed by atoms with Crippen molar-refractivity contribution < 1.29 is 23.5 Å². The molecule has 1 aromatic heterocycles. The molecule has 3 aromatic rings. The van der Waals surface area contributed by atoms with Gasteiger partial charge in [0.15, 0.2) is 0 Å². The Balaban J connectivity index is 1.57. The molecule has 0 aliphatic heterocycles.